The Hall–Kier alpha value is -2.09. The van der Waals surface area contributed by atoms with E-state index in [1.165, 1.54) is 5.56 Å². The normalized spacial score (nSPS) is 16.7. The van der Waals surface area contributed by atoms with Gasteiger partial charge in [-0.1, -0.05) is 48.5 Å². The first-order valence-corrected chi connectivity index (χ1v) is 7.04. The molecule has 1 saturated carbocycles. The highest BCUT2D eigenvalue weighted by molar-refractivity contribution is 5.89. The van der Waals surface area contributed by atoms with Crippen LogP contribution in [0.2, 0.25) is 0 Å². The number of phenolic OH excluding ortho intramolecular Hbond substituents is 1. The summed E-state index contributed by atoms with van der Waals surface area (Å²) in [6, 6.07) is 17.7. The van der Waals surface area contributed by atoms with Gasteiger partial charge >= 0.3 is 0 Å². The van der Waals surface area contributed by atoms with Crippen LogP contribution in [-0.2, 0) is 16.6 Å². The van der Waals surface area contributed by atoms with Gasteiger partial charge in [-0.2, -0.15) is 0 Å². The van der Waals surface area contributed by atoms with E-state index >= 15 is 0 Å². The molecule has 2 aromatic rings. The van der Waals surface area contributed by atoms with Crippen molar-refractivity contribution in [1.82, 2.24) is 0 Å². The zero-order valence-electron chi connectivity index (χ0n) is 11.4. The monoisotopic (exact) mass is 266 g/mol. The first-order valence-electron chi connectivity index (χ1n) is 7.04. The predicted octanol–water partition coefficient (Wildman–Crippen LogP) is 3.63. The molecule has 3 rings (SSSR count). The maximum Gasteiger partial charge on any atom is 0.134 e. The largest absolute Gasteiger partial charge is 0.508 e. The minimum atomic E-state index is -0.168. The number of phenols is 1. The van der Waals surface area contributed by atoms with Crippen molar-refractivity contribution >= 4 is 5.78 Å². The van der Waals surface area contributed by atoms with E-state index in [-0.39, 0.29) is 5.41 Å². The fourth-order valence-electron chi connectivity index (χ4n) is 3.16. The van der Waals surface area contributed by atoms with Crippen LogP contribution in [0.15, 0.2) is 54.6 Å². The minimum absolute atomic E-state index is 0.168. The number of hydrogen-bond donors (Lipinski definition) is 1. The van der Waals surface area contributed by atoms with Crippen molar-refractivity contribution in [2.24, 2.45) is 0 Å². The van der Waals surface area contributed by atoms with Crippen LogP contribution in [-0.4, -0.2) is 10.9 Å². The quantitative estimate of drug-likeness (QED) is 0.917. The van der Waals surface area contributed by atoms with E-state index in [2.05, 4.69) is 12.1 Å². The number of rotatable bonds is 4. The molecule has 0 radical (unpaired) electrons. The topological polar surface area (TPSA) is 37.3 Å². The highest BCUT2D eigenvalue weighted by atomic mass is 16.3. The lowest BCUT2D eigenvalue weighted by Gasteiger charge is -2.41. The lowest BCUT2D eigenvalue weighted by molar-refractivity contribution is -0.128. The van der Waals surface area contributed by atoms with Crippen LogP contribution in [0.5, 0.6) is 5.75 Å². The standard InChI is InChI=1S/C18H18O2/c19-15-12-18(13-15,16-8-4-5-9-17(16)20)11-10-14-6-2-1-3-7-14/h1-9,20H,10-13H2. The highest BCUT2D eigenvalue weighted by Gasteiger charge is 2.45. The Balaban J connectivity index is 1.83. The zero-order chi connectivity index (χ0) is 14.0. The second kappa shape index (κ2) is 5.12. The van der Waals surface area contributed by atoms with Gasteiger partial charge in [0.2, 0.25) is 0 Å². The molecule has 20 heavy (non-hydrogen) atoms. The van der Waals surface area contributed by atoms with Crippen molar-refractivity contribution in [3.8, 4) is 5.75 Å². The molecule has 1 aliphatic carbocycles. The predicted molar refractivity (Wildman–Crippen MR) is 78.8 cm³/mol. The maximum atomic E-state index is 11.5. The first-order chi connectivity index (χ1) is 9.70. The molecule has 1 N–H and O–H groups in total. The Morgan fingerprint density at radius 2 is 1.60 bits per heavy atom. The molecule has 0 spiro atoms. The Morgan fingerprint density at radius 1 is 0.950 bits per heavy atom. The molecule has 0 saturated heterocycles. The number of aryl methyl sites for hydroxylation is 1. The van der Waals surface area contributed by atoms with Gasteiger partial charge in [-0.05, 0) is 24.5 Å². The third kappa shape index (κ3) is 2.34. The molecule has 2 heteroatoms. The van der Waals surface area contributed by atoms with Crippen molar-refractivity contribution in [3.05, 3.63) is 65.7 Å². The number of hydrogen-bond acceptors (Lipinski definition) is 2. The van der Waals surface area contributed by atoms with Crippen molar-refractivity contribution < 1.29 is 9.90 Å². The zero-order valence-corrected chi connectivity index (χ0v) is 11.4. The SMILES string of the molecule is O=C1CC(CCc2ccccc2)(c2ccccc2O)C1. The highest BCUT2D eigenvalue weighted by Crippen LogP contribution is 2.47. The number of benzene rings is 2. The van der Waals surface area contributed by atoms with Crippen molar-refractivity contribution in [1.29, 1.82) is 0 Å². The van der Waals surface area contributed by atoms with Crippen LogP contribution in [0.1, 0.15) is 30.4 Å². The molecule has 0 heterocycles. The molecule has 2 aromatic carbocycles. The fourth-order valence-corrected chi connectivity index (χ4v) is 3.16. The molecule has 0 amide bonds. The van der Waals surface area contributed by atoms with Gasteiger partial charge < -0.3 is 5.11 Å². The van der Waals surface area contributed by atoms with Gasteiger partial charge in [-0.3, -0.25) is 4.79 Å². The van der Waals surface area contributed by atoms with Crippen LogP contribution < -0.4 is 0 Å². The summed E-state index contributed by atoms with van der Waals surface area (Å²) < 4.78 is 0. The molecule has 2 nitrogen and oxygen atoms in total. The second-order valence-electron chi connectivity index (χ2n) is 5.68. The second-order valence-corrected chi connectivity index (χ2v) is 5.68. The summed E-state index contributed by atoms with van der Waals surface area (Å²) in [6.45, 7) is 0. The van der Waals surface area contributed by atoms with Gasteiger partial charge in [-0.25, -0.2) is 0 Å². The van der Waals surface area contributed by atoms with Gasteiger partial charge in [0.25, 0.3) is 0 Å². The summed E-state index contributed by atoms with van der Waals surface area (Å²) >= 11 is 0. The van der Waals surface area contributed by atoms with E-state index in [9.17, 15) is 9.90 Å². The summed E-state index contributed by atoms with van der Waals surface area (Å²) in [5.74, 6) is 0.606. The Bertz CT molecular complexity index is 608. The number of ketones is 1. The molecule has 0 aromatic heterocycles. The number of carbonyl (C=O) groups excluding carboxylic acids is 1. The molecule has 0 aliphatic heterocycles. The van der Waals surface area contributed by atoms with Crippen molar-refractivity contribution in [2.45, 2.75) is 31.1 Å². The van der Waals surface area contributed by atoms with E-state index in [0.29, 0.717) is 24.4 Å². The van der Waals surface area contributed by atoms with Crippen LogP contribution >= 0.6 is 0 Å². The van der Waals surface area contributed by atoms with Gasteiger partial charge in [-0.15, -0.1) is 0 Å². The number of carbonyl (C=O) groups is 1. The molecule has 102 valence electrons. The van der Waals surface area contributed by atoms with Crippen LogP contribution in [0, 0.1) is 0 Å². The average molecular weight is 266 g/mol. The van der Waals surface area contributed by atoms with E-state index in [0.717, 1.165) is 18.4 Å². The van der Waals surface area contributed by atoms with E-state index in [1.807, 2.05) is 36.4 Å². The Labute approximate surface area is 119 Å². The van der Waals surface area contributed by atoms with Gasteiger partial charge in [0.1, 0.15) is 11.5 Å². The van der Waals surface area contributed by atoms with E-state index in [1.54, 1.807) is 6.07 Å². The first kappa shape index (κ1) is 12.9. The Kier molecular flexibility index (Phi) is 3.31. The van der Waals surface area contributed by atoms with Gasteiger partial charge in [0.15, 0.2) is 0 Å². The van der Waals surface area contributed by atoms with Gasteiger partial charge in [0.05, 0.1) is 0 Å². The van der Waals surface area contributed by atoms with E-state index in [4.69, 9.17) is 0 Å². The molecule has 0 atom stereocenters. The van der Waals surface area contributed by atoms with Crippen molar-refractivity contribution in [3.63, 3.8) is 0 Å². The number of Topliss-reactive ketones (excluding diaryl/α,β-unsaturated/α-hetero) is 1. The molecule has 0 bridgehead atoms. The summed E-state index contributed by atoms with van der Waals surface area (Å²) in [4.78, 5) is 11.5. The minimum Gasteiger partial charge on any atom is -0.508 e. The number of para-hydroxylation sites is 1. The third-order valence-corrected chi connectivity index (χ3v) is 4.28. The Morgan fingerprint density at radius 3 is 2.25 bits per heavy atom. The smallest absolute Gasteiger partial charge is 0.134 e. The summed E-state index contributed by atoms with van der Waals surface area (Å²) in [7, 11) is 0. The average Bonchev–Trinajstić information content (AvgIpc) is 2.44. The van der Waals surface area contributed by atoms with E-state index < -0.39 is 0 Å². The van der Waals surface area contributed by atoms with Gasteiger partial charge in [0, 0.05) is 23.8 Å². The van der Waals surface area contributed by atoms with Crippen molar-refractivity contribution in [2.75, 3.05) is 0 Å². The summed E-state index contributed by atoms with van der Waals surface area (Å²) in [5.41, 5.74) is 2.04. The number of aromatic hydroxyl groups is 1. The summed E-state index contributed by atoms with van der Waals surface area (Å²) in [6.07, 6.45) is 2.94. The van der Waals surface area contributed by atoms with Crippen LogP contribution in [0.4, 0.5) is 0 Å². The fraction of sp³-hybridized carbons (Fsp3) is 0.278. The lowest BCUT2D eigenvalue weighted by Crippen LogP contribution is -2.42. The summed E-state index contributed by atoms with van der Waals surface area (Å²) in [5, 5.41) is 10.1. The third-order valence-electron chi connectivity index (χ3n) is 4.28. The molecule has 1 aliphatic rings. The molecule has 1 fully saturated rings. The molecule has 0 unspecified atom stereocenters. The van der Waals surface area contributed by atoms with Crippen LogP contribution in [0.3, 0.4) is 0 Å². The maximum absolute atomic E-state index is 11.5. The lowest BCUT2D eigenvalue weighted by atomic mass is 9.61. The molecular weight excluding hydrogens is 248 g/mol. The van der Waals surface area contributed by atoms with Crippen LogP contribution in [0.25, 0.3) is 0 Å². The molecular formula is C18H18O2.